The van der Waals surface area contributed by atoms with Gasteiger partial charge in [-0.15, -0.1) is 0 Å². The van der Waals surface area contributed by atoms with Crippen molar-refractivity contribution in [2.45, 2.75) is 6.04 Å². The highest BCUT2D eigenvalue weighted by atomic mass is 19.1. The molecule has 134 valence electrons. The zero-order valence-corrected chi connectivity index (χ0v) is 14.2. The van der Waals surface area contributed by atoms with Gasteiger partial charge in [0.25, 0.3) is 5.91 Å². The van der Waals surface area contributed by atoms with E-state index in [4.69, 9.17) is 4.74 Å². The second kappa shape index (κ2) is 7.35. The Balaban J connectivity index is 1.95. The number of benzene rings is 2. The Bertz CT molecular complexity index is 923. The number of aromatic nitrogens is 2. The van der Waals surface area contributed by atoms with Crippen molar-refractivity contribution in [1.82, 2.24) is 14.9 Å². The van der Waals surface area contributed by atoms with Crippen molar-refractivity contribution in [3.8, 4) is 5.75 Å². The van der Waals surface area contributed by atoms with Gasteiger partial charge in [-0.05, 0) is 29.8 Å². The summed E-state index contributed by atoms with van der Waals surface area (Å²) in [6, 6.07) is 9.32. The monoisotopic (exact) mass is 357 g/mol. The number of rotatable bonds is 5. The molecule has 0 fully saturated rings. The minimum Gasteiger partial charge on any atom is -0.497 e. The Morgan fingerprint density at radius 1 is 1.19 bits per heavy atom. The predicted molar refractivity (Wildman–Crippen MR) is 91.9 cm³/mol. The van der Waals surface area contributed by atoms with Crippen LogP contribution < -0.4 is 10.1 Å². The Morgan fingerprint density at radius 3 is 2.50 bits per heavy atom. The van der Waals surface area contributed by atoms with Crippen molar-refractivity contribution in [2.75, 3.05) is 7.11 Å². The van der Waals surface area contributed by atoms with Gasteiger partial charge in [-0.2, -0.15) is 0 Å². The van der Waals surface area contributed by atoms with Gasteiger partial charge in [0.15, 0.2) is 0 Å². The number of ether oxygens (including phenoxy) is 1. The van der Waals surface area contributed by atoms with E-state index in [1.807, 2.05) is 0 Å². The highest BCUT2D eigenvalue weighted by Gasteiger charge is 2.23. The van der Waals surface area contributed by atoms with E-state index in [9.17, 15) is 13.6 Å². The number of methoxy groups -OCH3 is 1. The van der Waals surface area contributed by atoms with E-state index >= 15 is 0 Å². The minimum atomic E-state index is -0.921. The standard InChI is InChI=1S/C19H17F2N3O2/c1-24-10-9-22-18(24)17(12-3-6-14(26-2)7-4-12)23-19(25)15-8-5-13(20)11-16(15)21/h3-11,17H,1-2H3,(H,23,25). The van der Waals surface area contributed by atoms with Crippen molar-refractivity contribution in [1.29, 1.82) is 0 Å². The van der Waals surface area contributed by atoms with Crippen LogP contribution in [0.15, 0.2) is 54.9 Å². The van der Waals surface area contributed by atoms with Crippen LogP contribution in [-0.2, 0) is 7.05 Å². The molecule has 1 heterocycles. The Labute approximate surface area is 149 Å². The molecule has 1 amide bonds. The van der Waals surface area contributed by atoms with Crippen LogP contribution in [0.4, 0.5) is 8.78 Å². The number of halogens is 2. The van der Waals surface area contributed by atoms with E-state index < -0.39 is 23.6 Å². The number of carbonyl (C=O) groups excluding carboxylic acids is 1. The summed E-state index contributed by atoms with van der Waals surface area (Å²) >= 11 is 0. The zero-order valence-electron chi connectivity index (χ0n) is 14.2. The largest absolute Gasteiger partial charge is 0.497 e. The van der Waals surface area contributed by atoms with Crippen LogP contribution in [0.25, 0.3) is 0 Å². The van der Waals surface area contributed by atoms with Gasteiger partial charge in [-0.3, -0.25) is 4.79 Å². The number of nitrogens with one attached hydrogen (secondary N) is 1. The third-order valence-electron chi connectivity index (χ3n) is 4.02. The summed E-state index contributed by atoms with van der Waals surface area (Å²) < 4.78 is 33.9. The van der Waals surface area contributed by atoms with Gasteiger partial charge in [-0.25, -0.2) is 13.8 Å². The zero-order chi connectivity index (χ0) is 18.7. The first-order valence-electron chi connectivity index (χ1n) is 7.86. The molecule has 0 aliphatic heterocycles. The number of aryl methyl sites for hydroxylation is 1. The number of imidazole rings is 1. The van der Waals surface area contributed by atoms with Crippen molar-refractivity contribution >= 4 is 5.91 Å². The molecule has 0 saturated carbocycles. The molecule has 1 unspecified atom stereocenters. The minimum absolute atomic E-state index is 0.237. The number of hydrogen-bond donors (Lipinski definition) is 1. The van der Waals surface area contributed by atoms with Gasteiger partial charge in [0.05, 0.1) is 12.7 Å². The molecule has 0 aliphatic rings. The van der Waals surface area contributed by atoms with Crippen molar-refractivity contribution in [2.24, 2.45) is 7.05 Å². The summed E-state index contributed by atoms with van der Waals surface area (Å²) in [7, 11) is 3.35. The highest BCUT2D eigenvalue weighted by Crippen LogP contribution is 2.24. The molecule has 1 atom stereocenters. The fourth-order valence-corrected chi connectivity index (χ4v) is 2.63. The summed E-state index contributed by atoms with van der Waals surface area (Å²) in [4.78, 5) is 16.8. The third kappa shape index (κ3) is 3.56. The Kier molecular flexibility index (Phi) is 4.97. The lowest BCUT2D eigenvalue weighted by molar-refractivity contribution is 0.0937. The number of amides is 1. The maximum Gasteiger partial charge on any atom is 0.255 e. The van der Waals surface area contributed by atoms with E-state index in [2.05, 4.69) is 10.3 Å². The number of nitrogens with zero attached hydrogens (tertiary/aromatic N) is 2. The topological polar surface area (TPSA) is 56.1 Å². The summed E-state index contributed by atoms with van der Waals surface area (Å²) in [5.74, 6) is -1.08. The van der Waals surface area contributed by atoms with Crippen LogP contribution in [0.1, 0.15) is 27.8 Å². The molecule has 0 radical (unpaired) electrons. The summed E-state index contributed by atoms with van der Waals surface area (Å²) in [6.07, 6.45) is 3.35. The van der Waals surface area contributed by atoms with Gasteiger partial charge in [0.2, 0.25) is 0 Å². The van der Waals surface area contributed by atoms with E-state index in [0.29, 0.717) is 17.6 Å². The first-order valence-corrected chi connectivity index (χ1v) is 7.86. The van der Waals surface area contributed by atoms with Gasteiger partial charge >= 0.3 is 0 Å². The summed E-state index contributed by atoms with van der Waals surface area (Å²) in [5.41, 5.74) is 0.509. The van der Waals surface area contributed by atoms with Crippen molar-refractivity contribution in [3.05, 3.63) is 83.4 Å². The molecule has 3 rings (SSSR count). The molecular formula is C19H17F2N3O2. The first kappa shape index (κ1) is 17.6. The molecule has 0 bridgehead atoms. The molecule has 1 aromatic heterocycles. The normalized spacial score (nSPS) is 11.8. The maximum atomic E-state index is 13.9. The highest BCUT2D eigenvalue weighted by molar-refractivity contribution is 5.94. The van der Waals surface area contributed by atoms with E-state index in [1.54, 1.807) is 55.4 Å². The number of hydrogen-bond acceptors (Lipinski definition) is 3. The van der Waals surface area contributed by atoms with Crippen LogP contribution in [0.5, 0.6) is 5.75 Å². The quantitative estimate of drug-likeness (QED) is 0.763. The fraction of sp³-hybridized carbons (Fsp3) is 0.158. The second-order valence-electron chi connectivity index (χ2n) is 5.70. The van der Waals surface area contributed by atoms with Gasteiger partial charge in [0, 0.05) is 25.5 Å². The van der Waals surface area contributed by atoms with Crippen molar-refractivity contribution in [3.63, 3.8) is 0 Å². The second-order valence-corrected chi connectivity index (χ2v) is 5.70. The van der Waals surface area contributed by atoms with Gasteiger partial charge in [-0.1, -0.05) is 12.1 Å². The van der Waals surface area contributed by atoms with Crippen LogP contribution in [0, 0.1) is 11.6 Å². The molecule has 0 aliphatic carbocycles. The van der Waals surface area contributed by atoms with Crippen LogP contribution in [-0.4, -0.2) is 22.6 Å². The average Bonchev–Trinajstić information content (AvgIpc) is 3.05. The van der Waals surface area contributed by atoms with Crippen LogP contribution in [0.2, 0.25) is 0 Å². The van der Waals surface area contributed by atoms with Crippen LogP contribution in [0.3, 0.4) is 0 Å². The molecule has 7 heteroatoms. The predicted octanol–water partition coefficient (Wildman–Crippen LogP) is 3.23. The fourth-order valence-electron chi connectivity index (χ4n) is 2.63. The third-order valence-corrected chi connectivity index (χ3v) is 4.02. The Morgan fingerprint density at radius 2 is 1.92 bits per heavy atom. The maximum absolute atomic E-state index is 13.9. The van der Waals surface area contributed by atoms with Gasteiger partial charge < -0.3 is 14.6 Å². The lowest BCUT2D eigenvalue weighted by Gasteiger charge is -2.19. The van der Waals surface area contributed by atoms with E-state index in [1.165, 1.54) is 0 Å². The number of carbonyl (C=O) groups is 1. The Hall–Kier alpha value is -3.22. The average molecular weight is 357 g/mol. The molecule has 2 aromatic carbocycles. The molecule has 26 heavy (non-hydrogen) atoms. The lowest BCUT2D eigenvalue weighted by atomic mass is 10.0. The SMILES string of the molecule is COc1ccc(C(NC(=O)c2ccc(F)cc2F)c2nccn2C)cc1. The van der Waals surface area contributed by atoms with E-state index in [0.717, 1.165) is 17.7 Å². The van der Waals surface area contributed by atoms with E-state index in [-0.39, 0.29) is 5.56 Å². The molecule has 0 saturated heterocycles. The van der Waals surface area contributed by atoms with Gasteiger partial charge in [0.1, 0.15) is 29.3 Å². The lowest BCUT2D eigenvalue weighted by Crippen LogP contribution is -2.31. The summed E-state index contributed by atoms with van der Waals surface area (Å²) in [6.45, 7) is 0. The van der Waals surface area contributed by atoms with Crippen LogP contribution >= 0.6 is 0 Å². The summed E-state index contributed by atoms with van der Waals surface area (Å²) in [5, 5.41) is 2.77. The molecule has 3 aromatic rings. The molecular weight excluding hydrogens is 340 g/mol. The molecule has 5 nitrogen and oxygen atoms in total. The molecule has 0 spiro atoms. The smallest absolute Gasteiger partial charge is 0.255 e. The molecule has 1 N–H and O–H groups in total. The van der Waals surface area contributed by atoms with Crippen molar-refractivity contribution < 1.29 is 18.3 Å². The first-order chi connectivity index (χ1) is 12.5.